The first-order chi connectivity index (χ1) is 17.1. The fraction of sp³-hybridized carbons (Fsp3) is 0.414. The third-order valence-electron chi connectivity index (χ3n) is 7.28. The van der Waals surface area contributed by atoms with Crippen LogP contribution in [-0.2, 0) is 30.9 Å². The average Bonchev–Trinajstić information content (AvgIpc) is 3.06. The number of carbonyl (C=O) groups is 3. The first kappa shape index (κ1) is 24.1. The van der Waals surface area contributed by atoms with Crippen LogP contribution in [0.5, 0.6) is 0 Å². The number of hydrogen-bond acceptors (Lipinski definition) is 6. The number of imide groups is 1. The van der Waals surface area contributed by atoms with Gasteiger partial charge < -0.3 is 14.4 Å². The van der Waals surface area contributed by atoms with Crippen LogP contribution in [0, 0.1) is 5.92 Å². The van der Waals surface area contributed by atoms with Gasteiger partial charge in [0.2, 0.25) is 0 Å². The molecular formula is C29H32N2O5. The van der Waals surface area contributed by atoms with Crippen LogP contribution in [0.4, 0.5) is 10.5 Å². The second kappa shape index (κ2) is 8.50. The molecule has 1 spiro atoms. The first-order valence-corrected chi connectivity index (χ1v) is 12.5. The Morgan fingerprint density at radius 2 is 1.78 bits per heavy atom. The van der Waals surface area contributed by atoms with E-state index in [0.29, 0.717) is 17.8 Å². The first-order valence-electron chi connectivity index (χ1n) is 12.5. The lowest BCUT2D eigenvalue weighted by atomic mass is 9.59. The molecular weight excluding hydrogens is 456 g/mol. The average molecular weight is 489 g/mol. The van der Waals surface area contributed by atoms with Gasteiger partial charge in [0.25, 0.3) is 5.91 Å². The molecule has 3 atom stereocenters. The monoisotopic (exact) mass is 488 g/mol. The van der Waals surface area contributed by atoms with E-state index in [0.717, 1.165) is 28.0 Å². The predicted molar refractivity (Wildman–Crippen MR) is 135 cm³/mol. The minimum absolute atomic E-state index is 0.190. The SMILES string of the molecule is CCOC(=O)[C@@H]1C(C)=CN2CCc3ccccc3[C@@H]2[C@]12C(=O)N(C(=O)OC(C)(C)C)c1ccccc12. The van der Waals surface area contributed by atoms with E-state index >= 15 is 0 Å². The molecule has 188 valence electrons. The molecule has 0 fully saturated rings. The zero-order chi connectivity index (χ0) is 25.8. The highest BCUT2D eigenvalue weighted by atomic mass is 16.6. The van der Waals surface area contributed by atoms with Gasteiger partial charge in [0.05, 0.1) is 18.3 Å². The normalized spacial score (nSPS) is 24.6. The summed E-state index contributed by atoms with van der Waals surface area (Å²) in [4.78, 5) is 45.2. The molecule has 2 aromatic carbocycles. The zero-order valence-electron chi connectivity index (χ0n) is 21.4. The fourth-order valence-corrected chi connectivity index (χ4v) is 6.14. The molecule has 5 rings (SSSR count). The van der Waals surface area contributed by atoms with Gasteiger partial charge >= 0.3 is 12.1 Å². The zero-order valence-corrected chi connectivity index (χ0v) is 21.4. The lowest BCUT2D eigenvalue weighted by Crippen LogP contribution is -2.60. The molecule has 0 aromatic heterocycles. The molecule has 0 radical (unpaired) electrons. The number of rotatable bonds is 2. The Morgan fingerprint density at radius 3 is 2.50 bits per heavy atom. The Labute approximate surface area is 211 Å². The molecule has 36 heavy (non-hydrogen) atoms. The van der Waals surface area contributed by atoms with Gasteiger partial charge in [-0.15, -0.1) is 0 Å². The van der Waals surface area contributed by atoms with Gasteiger partial charge in [-0.2, -0.15) is 0 Å². The largest absolute Gasteiger partial charge is 0.465 e. The maximum absolute atomic E-state index is 14.8. The van der Waals surface area contributed by atoms with Crippen LogP contribution in [0.2, 0.25) is 0 Å². The van der Waals surface area contributed by atoms with Gasteiger partial charge in [0.15, 0.2) is 0 Å². The smallest absolute Gasteiger partial charge is 0.421 e. The van der Waals surface area contributed by atoms with Crippen molar-refractivity contribution in [3.8, 4) is 0 Å². The lowest BCUT2D eigenvalue weighted by molar-refractivity contribution is -0.154. The minimum Gasteiger partial charge on any atom is -0.465 e. The molecule has 0 bridgehead atoms. The van der Waals surface area contributed by atoms with Gasteiger partial charge in [-0.25, -0.2) is 9.69 Å². The molecule has 0 saturated carbocycles. The summed E-state index contributed by atoms with van der Waals surface area (Å²) < 4.78 is 11.2. The van der Waals surface area contributed by atoms with Crippen molar-refractivity contribution >= 4 is 23.7 Å². The summed E-state index contributed by atoms with van der Waals surface area (Å²) in [7, 11) is 0. The van der Waals surface area contributed by atoms with E-state index in [1.165, 1.54) is 0 Å². The van der Waals surface area contributed by atoms with Crippen molar-refractivity contribution in [1.29, 1.82) is 0 Å². The van der Waals surface area contributed by atoms with Crippen LogP contribution in [-0.4, -0.2) is 41.6 Å². The van der Waals surface area contributed by atoms with Crippen molar-refractivity contribution in [1.82, 2.24) is 4.90 Å². The fourth-order valence-electron chi connectivity index (χ4n) is 6.14. The highest BCUT2D eigenvalue weighted by molar-refractivity contribution is 6.23. The summed E-state index contributed by atoms with van der Waals surface area (Å²) in [5.41, 5.74) is 1.74. The van der Waals surface area contributed by atoms with Crippen molar-refractivity contribution in [3.63, 3.8) is 0 Å². The Bertz CT molecular complexity index is 1280. The van der Waals surface area contributed by atoms with Gasteiger partial charge in [-0.3, -0.25) is 9.59 Å². The third-order valence-corrected chi connectivity index (χ3v) is 7.28. The summed E-state index contributed by atoms with van der Waals surface area (Å²) in [5, 5.41) is 0. The standard InChI is InChI=1S/C29H32N2O5/c1-6-35-25(32)23-18(2)17-30-16-15-19-11-7-8-12-20(19)24(30)29(23)21-13-9-10-14-22(21)31(26(29)33)27(34)36-28(3,4)5/h7-14,17,23-24H,6,15-16H2,1-5H3/t23-,24+,29+/m0/s1. The summed E-state index contributed by atoms with van der Waals surface area (Å²) in [6.45, 7) is 9.80. The third kappa shape index (κ3) is 3.44. The van der Waals surface area contributed by atoms with Crippen LogP contribution in [0.1, 0.15) is 57.4 Å². The summed E-state index contributed by atoms with van der Waals surface area (Å²) in [5.74, 6) is -1.83. The molecule has 0 saturated heterocycles. The molecule has 3 aliphatic heterocycles. The minimum atomic E-state index is -1.39. The summed E-state index contributed by atoms with van der Waals surface area (Å²) in [6, 6.07) is 14.8. The van der Waals surface area contributed by atoms with E-state index in [2.05, 4.69) is 11.0 Å². The van der Waals surface area contributed by atoms with Crippen molar-refractivity contribution in [3.05, 3.63) is 77.0 Å². The van der Waals surface area contributed by atoms with E-state index < -0.39 is 40.9 Å². The molecule has 2 aromatic rings. The van der Waals surface area contributed by atoms with E-state index in [1.54, 1.807) is 39.8 Å². The molecule has 0 unspecified atom stereocenters. The van der Waals surface area contributed by atoms with Crippen LogP contribution < -0.4 is 4.90 Å². The highest BCUT2D eigenvalue weighted by Crippen LogP contribution is 2.60. The number of anilines is 1. The van der Waals surface area contributed by atoms with E-state index in [1.807, 2.05) is 43.5 Å². The van der Waals surface area contributed by atoms with Gasteiger partial charge in [0, 0.05) is 6.54 Å². The summed E-state index contributed by atoms with van der Waals surface area (Å²) >= 11 is 0. The van der Waals surface area contributed by atoms with Crippen LogP contribution >= 0.6 is 0 Å². The van der Waals surface area contributed by atoms with Crippen LogP contribution in [0.3, 0.4) is 0 Å². The molecule has 0 N–H and O–H groups in total. The number of carbonyl (C=O) groups excluding carboxylic acids is 3. The molecule has 7 heteroatoms. The van der Waals surface area contributed by atoms with Crippen LogP contribution in [0.25, 0.3) is 0 Å². The maximum atomic E-state index is 14.8. The van der Waals surface area contributed by atoms with Gasteiger partial charge in [-0.1, -0.05) is 42.5 Å². The molecule has 3 aliphatic rings. The number of ether oxygens (including phenoxy) is 2. The van der Waals surface area contributed by atoms with Gasteiger partial charge in [0.1, 0.15) is 16.9 Å². The van der Waals surface area contributed by atoms with Crippen molar-refractivity contribution < 1.29 is 23.9 Å². The van der Waals surface area contributed by atoms with Crippen molar-refractivity contribution in [2.45, 2.75) is 58.1 Å². The van der Waals surface area contributed by atoms with E-state index in [9.17, 15) is 14.4 Å². The van der Waals surface area contributed by atoms with Crippen LogP contribution in [0.15, 0.2) is 60.3 Å². The molecule has 3 heterocycles. The van der Waals surface area contributed by atoms with Crippen molar-refractivity contribution in [2.75, 3.05) is 18.1 Å². The quantitative estimate of drug-likeness (QED) is 0.560. The second-order valence-corrected chi connectivity index (χ2v) is 10.7. The number of benzene rings is 2. The summed E-state index contributed by atoms with van der Waals surface area (Å²) in [6.07, 6.45) is 2.06. The number of esters is 1. The molecule has 0 aliphatic carbocycles. The Kier molecular flexibility index (Phi) is 5.69. The number of fused-ring (bicyclic) bond motifs is 6. The number of nitrogens with zero attached hydrogens (tertiary/aromatic N) is 2. The Balaban J connectivity index is 1.81. The predicted octanol–water partition coefficient (Wildman–Crippen LogP) is 4.90. The topological polar surface area (TPSA) is 76.2 Å². The number of amides is 2. The van der Waals surface area contributed by atoms with Gasteiger partial charge in [-0.05, 0) is 75.6 Å². The molecule has 2 amide bonds. The van der Waals surface area contributed by atoms with E-state index in [4.69, 9.17) is 9.47 Å². The number of hydrogen-bond donors (Lipinski definition) is 0. The van der Waals surface area contributed by atoms with E-state index in [-0.39, 0.29) is 6.61 Å². The number of para-hydroxylation sites is 1. The highest BCUT2D eigenvalue weighted by Gasteiger charge is 2.67. The Hall–Kier alpha value is -3.61. The second-order valence-electron chi connectivity index (χ2n) is 10.7. The molecule has 7 nitrogen and oxygen atoms in total. The van der Waals surface area contributed by atoms with Crippen molar-refractivity contribution in [2.24, 2.45) is 5.92 Å². The maximum Gasteiger partial charge on any atom is 0.421 e. The Morgan fingerprint density at radius 1 is 1.08 bits per heavy atom. The lowest BCUT2D eigenvalue weighted by Gasteiger charge is -2.52.